The summed E-state index contributed by atoms with van der Waals surface area (Å²) in [5.41, 5.74) is 3.73. The number of nitrogens with one attached hydrogen (secondary N) is 2. The topological polar surface area (TPSA) is 128 Å². The highest BCUT2D eigenvalue weighted by atomic mass is 16.5. The molecule has 0 aromatic heterocycles. The van der Waals surface area contributed by atoms with Gasteiger partial charge in [-0.25, -0.2) is 0 Å². The van der Waals surface area contributed by atoms with E-state index < -0.39 is 30.0 Å². The van der Waals surface area contributed by atoms with Gasteiger partial charge in [-0.1, -0.05) is 60.7 Å². The lowest BCUT2D eigenvalue weighted by molar-refractivity contribution is -0.146. The van der Waals surface area contributed by atoms with Crippen LogP contribution in [0.3, 0.4) is 0 Å². The van der Waals surface area contributed by atoms with E-state index >= 15 is 0 Å². The number of rotatable bonds is 9. The predicted molar refractivity (Wildman–Crippen MR) is 157 cm³/mol. The predicted octanol–water partition coefficient (Wildman–Crippen LogP) is 2.82. The maximum absolute atomic E-state index is 13.9. The van der Waals surface area contributed by atoms with E-state index in [0.29, 0.717) is 12.0 Å². The summed E-state index contributed by atoms with van der Waals surface area (Å²) in [6.45, 7) is 1.77. The van der Waals surface area contributed by atoms with Gasteiger partial charge in [0.15, 0.2) is 6.10 Å². The SMILES string of the molecule is COC1CC(C(=O)NC2CCc3ccccc32)N(C(=O)C(O)C(Cc2ccccc2)NC(=O)c2cccc(O)c2C)C1. The molecule has 1 heterocycles. The second kappa shape index (κ2) is 12.8. The summed E-state index contributed by atoms with van der Waals surface area (Å²) in [7, 11) is 1.54. The van der Waals surface area contributed by atoms with Gasteiger partial charge in [0.05, 0.1) is 18.2 Å². The Bertz CT molecular complexity index is 1440. The average molecular weight is 572 g/mol. The van der Waals surface area contributed by atoms with Crippen molar-refractivity contribution in [1.82, 2.24) is 15.5 Å². The lowest BCUT2D eigenvalue weighted by Gasteiger charge is -2.31. The summed E-state index contributed by atoms with van der Waals surface area (Å²) in [6, 6.07) is 19.9. The summed E-state index contributed by atoms with van der Waals surface area (Å²) in [5.74, 6) is -1.51. The number of amides is 3. The number of likely N-dealkylation sites (tertiary alicyclic amines) is 1. The van der Waals surface area contributed by atoms with Gasteiger partial charge < -0.3 is 30.5 Å². The Morgan fingerprint density at radius 2 is 1.76 bits per heavy atom. The van der Waals surface area contributed by atoms with Crippen molar-refractivity contribution in [2.75, 3.05) is 13.7 Å². The van der Waals surface area contributed by atoms with Crippen LogP contribution in [-0.2, 0) is 27.2 Å². The molecule has 0 radical (unpaired) electrons. The van der Waals surface area contributed by atoms with Gasteiger partial charge in [0.25, 0.3) is 11.8 Å². The number of benzene rings is 3. The normalized spacial score (nSPS) is 20.9. The van der Waals surface area contributed by atoms with Gasteiger partial charge in [-0.2, -0.15) is 0 Å². The van der Waals surface area contributed by atoms with E-state index in [4.69, 9.17) is 4.74 Å². The minimum atomic E-state index is -1.63. The van der Waals surface area contributed by atoms with Gasteiger partial charge in [-0.15, -0.1) is 0 Å². The van der Waals surface area contributed by atoms with Crippen LogP contribution in [0.1, 0.15) is 51.5 Å². The van der Waals surface area contributed by atoms with Crippen LogP contribution in [0.5, 0.6) is 5.75 Å². The standard InChI is InChI=1S/C33H37N3O6/c1-20-24(13-8-14-29(20)37)31(39)35-27(17-21-9-4-3-5-10-21)30(38)33(41)36-19-23(42-2)18-28(36)32(40)34-26-16-15-22-11-6-7-12-25(22)26/h3-14,23,26-28,30,37-38H,15-19H2,1-2H3,(H,34,40)(H,35,39). The quantitative estimate of drug-likeness (QED) is 0.313. The Kier molecular flexibility index (Phi) is 8.89. The number of aryl methyl sites for hydroxylation is 1. The molecule has 9 nitrogen and oxygen atoms in total. The van der Waals surface area contributed by atoms with Gasteiger partial charge in [0.2, 0.25) is 5.91 Å². The molecular formula is C33H37N3O6. The van der Waals surface area contributed by atoms with Crippen molar-refractivity contribution in [3.05, 3.63) is 101 Å². The molecule has 3 aromatic rings. The Balaban J connectivity index is 1.36. The molecule has 1 saturated heterocycles. The van der Waals surface area contributed by atoms with Crippen molar-refractivity contribution in [1.29, 1.82) is 0 Å². The molecule has 1 aliphatic heterocycles. The molecule has 4 N–H and O–H groups in total. The number of methoxy groups -OCH3 is 1. The summed E-state index contributed by atoms with van der Waals surface area (Å²) in [4.78, 5) is 42.1. The lowest BCUT2D eigenvalue weighted by Crippen LogP contribution is -2.56. The summed E-state index contributed by atoms with van der Waals surface area (Å²) >= 11 is 0. The van der Waals surface area contributed by atoms with Crippen LogP contribution in [0, 0.1) is 6.92 Å². The molecule has 42 heavy (non-hydrogen) atoms. The second-order valence-electron chi connectivity index (χ2n) is 11.1. The fourth-order valence-corrected chi connectivity index (χ4v) is 6.00. The van der Waals surface area contributed by atoms with Crippen molar-refractivity contribution in [3.8, 4) is 5.75 Å². The highest BCUT2D eigenvalue weighted by Gasteiger charge is 2.44. The molecule has 1 aliphatic carbocycles. The first-order valence-electron chi connectivity index (χ1n) is 14.3. The molecule has 5 atom stereocenters. The van der Waals surface area contributed by atoms with Crippen LogP contribution in [0.2, 0.25) is 0 Å². The number of aliphatic hydroxyl groups is 1. The number of nitrogens with zero attached hydrogens (tertiary/aromatic N) is 1. The second-order valence-corrected chi connectivity index (χ2v) is 11.1. The van der Waals surface area contributed by atoms with Crippen LogP contribution in [0.15, 0.2) is 72.8 Å². The number of phenolic OH excluding ortho intramolecular Hbond substituents is 1. The van der Waals surface area contributed by atoms with Crippen LogP contribution < -0.4 is 10.6 Å². The number of hydrogen-bond donors (Lipinski definition) is 4. The molecule has 1 fully saturated rings. The Hall–Kier alpha value is -4.21. The van der Waals surface area contributed by atoms with E-state index in [1.54, 1.807) is 19.1 Å². The molecule has 0 saturated carbocycles. The zero-order valence-electron chi connectivity index (χ0n) is 23.8. The highest BCUT2D eigenvalue weighted by Crippen LogP contribution is 2.32. The maximum atomic E-state index is 13.9. The fourth-order valence-electron chi connectivity index (χ4n) is 6.00. The minimum Gasteiger partial charge on any atom is -0.508 e. The van der Waals surface area contributed by atoms with Gasteiger partial charge in [0.1, 0.15) is 11.8 Å². The molecule has 3 aromatic carbocycles. The summed E-state index contributed by atoms with van der Waals surface area (Å²) < 4.78 is 5.53. The molecule has 0 spiro atoms. The third-order valence-electron chi connectivity index (χ3n) is 8.43. The zero-order valence-corrected chi connectivity index (χ0v) is 23.8. The Morgan fingerprint density at radius 1 is 1.02 bits per heavy atom. The van der Waals surface area contributed by atoms with E-state index in [1.807, 2.05) is 48.5 Å². The fraction of sp³-hybridized carbons (Fsp3) is 0.364. The van der Waals surface area contributed by atoms with Crippen molar-refractivity contribution >= 4 is 17.7 Å². The molecule has 3 amide bonds. The van der Waals surface area contributed by atoms with E-state index in [-0.39, 0.29) is 42.3 Å². The third-order valence-corrected chi connectivity index (χ3v) is 8.43. The summed E-state index contributed by atoms with van der Waals surface area (Å²) in [6.07, 6.45) is 0.117. The van der Waals surface area contributed by atoms with E-state index in [2.05, 4.69) is 16.7 Å². The van der Waals surface area contributed by atoms with E-state index in [1.165, 1.54) is 23.6 Å². The van der Waals surface area contributed by atoms with Crippen LogP contribution in [-0.4, -0.2) is 70.8 Å². The average Bonchev–Trinajstić information content (AvgIpc) is 3.62. The monoisotopic (exact) mass is 571 g/mol. The number of carbonyl (C=O) groups excluding carboxylic acids is 3. The lowest BCUT2D eigenvalue weighted by atomic mass is 9.98. The van der Waals surface area contributed by atoms with E-state index in [9.17, 15) is 24.6 Å². The van der Waals surface area contributed by atoms with Gasteiger partial charge >= 0.3 is 0 Å². The number of aromatic hydroxyl groups is 1. The summed E-state index contributed by atoms with van der Waals surface area (Å²) in [5, 5.41) is 27.5. The smallest absolute Gasteiger partial charge is 0.254 e. The minimum absolute atomic E-state index is 0.0275. The molecule has 5 rings (SSSR count). The van der Waals surface area contributed by atoms with Gasteiger partial charge in [-0.3, -0.25) is 14.4 Å². The number of aliphatic hydroxyl groups excluding tert-OH is 1. The Morgan fingerprint density at radius 3 is 2.52 bits per heavy atom. The number of carbonyl (C=O) groups is 3. The first-order valence-corrected chi connectivity index (χ1v) is 14.3. The molecule has 5 unspecified atom stereocenters. The number of fused-ring (bicyclic) bond motifs is 1. The van der Waals surface area contributed by atoms with Crippen molar-refractivity contribution in [2.24, 2.45) is 0 Å². The number of hydrogen-bond acceptors (Lipinski definition) is 6. The number of ether oxygens (including phenoxy) is 1. The molecule has 9 heteroatoms. The highest BCUT2D eigenvalue weighted by molar-refractivity contribution is 5.97. The van der Waals surface area contributed by atoms with Crippen LogP contribution in [0.25, 0.3) is 0 Å². The number of phenols is 1. The van der Waals surface area contributed by atoms with Crippen molar-refractivity contribution in [3.63, 3.8) is 0 Å². The first-order chi connectivity index (χ1) is 20.3. The largest absolute Gasteiger partial charge is 0.508 e. The Labute approximate surface area is 245 Å². The first kappa shape index (κ1) is 29.3. The van der Waals surface area contributed by atoms with Crippen molar-refractivity contribution < 1.29 is 29.3 Å². The molecule has 0 bridgehead atoms. The van der Waals surface area contributed by atoms with Gasteiger partial charge in [-0.05, 0) is 55.0 Å². The maximum Gasteiger partial charge on any atom is 0.254 e. The zero-order chi connectivity index (χ0) is 29.8. The van der Waals surface area contributed by atoms with Crippen molar-refractivity contribution in [2.45, 2.75) is 62.9 Å². The van der Waals surface area contributed by atoms with Gasteiger partial charge in [0, 0.05) is 31.2 Å². The molecule has 2 aliphatic rings. The third kappa shape index (κ3) is 6.17. The van der Waals surface area contributed by atoms with Crippen LogP contribution in [0.4, 0.5) is 0 Å². The van der Waals surface area contributed by atoms with Crippen LogP contribution >= 0.6 is 0 Å². The molecular weight excluding hydrogens is 534 g/mol. The van der Waals surface area contributed by atoms with E-state index in [0.717, 1.165) is 24.0 Å². The molecule has 220 valence electrons.